The molecule has 0 aliphatic rings. The predicted molar refractivity (Wildman–Crippen MR) is 61.0 cm³/mol. The van der Waals surface area contributed by atoms with Crippen molar-refractivity contribution in [1.29, 1.82) is 0 Å². The maximum absolute atomic E-state index is 11.4. The zero-order chi connectivity index (χ0) is 11.6. The quantitative estimate of drug-likeness (QED) is 0.372. The topological polar surface area (TPSA) is 60.2 Å². The number of halogens is 2. The van der Waals surface area contributed by atoms with E-state index in [9.17, 15) is 14.9 Å². The number of nitro benzene ring substituents is 1. The average molecular weight is 293 g/mol. The van der Waals surface area contributed by atoms with Crippen LogP contribution in [0.1, 0.15) is 15.9 Å². The van der Waals surface area contributed by atoms with Gasteiger partial charge in [-0.3, -0.25) is 14.9 Å². The first-order valence-electron chi connectivity index (χ1n) is 4.01. The number of hydrogen-bond acceptors (Lipinski definition) is 3. The van der Waals surface area contributed by atoms with Gasteiger partial charge in [-0.15, -0.1) is 0 Å². The Labute approximate surface area is 99.5 Å². The first-order chi connectivity index (χ1) is 6.97. The number of Topliss-reactive ketones (excluding diaryl/α,β-unsaturated/α-hetero) is 1. The molecule has 0 saturated heterocycles. The molecule has 4 nitrogen and oxygen atoms in total. The van der Waals surface area contributed by atoms with Crippen LogP contribution in [0.5, 0.6) is 0 Å². The summed E-state index contributed by atoms with van der Waals surface area (Å²) >= 11 is 8.76. The lowest BCUT2D eigenvalue weighted by Crippen LogP contribution is -2.06. The van der Waals surface area contributed by atoms with Crippen molar-refractivity contribution in [3.05, 3.63) is 38.4 Å². The van der Waals surface area contributed by atoms with Crippen molar-refractivity contribution >= 4 is 39.0 Å². The molecule has 80 valence electrons. The second-order valence-corrected chi connectivity index (χ2v) is 3.92. The Morgan fingerprint density at radius 3 is 2.67 bits per heavy atom. The molecular weight excluding hydrogens is 285 g/mol. The molecule has 6 heteroatoms. The number of ketones is 1. The molecule has 0 unspecified atom stereocenters. The summed E-state index contributed by atoms with van der Waals surface area (Å²) in [7, 11) is 0. The van der Waals surface area contributed by atoms with Gasteiger partial charge in [0.05, 0.1) is 15.3 Å². The van der Waals surface area contributed by atoms with Crippen LogP contribution in [-0.2, 0) is 0 Å². The molecule has 15 heavy (non-hydrogen) atoms. The van der Waals surface area contributed by atoms with E-state index >= 15 is 0 Å². The monoisotopic (exact) mass is 291 g/mol. The maximum atomic E-state index is 11.4. The summed E-state index contributed by atoms with van der Waals surface area (Å²) < 4.78 is 0. The van der Waals surface area contributed by atoms with E-state index in [-0.39, 0.29) is 21.6 Å². The van der Waals surface area contributed by atoms with E-state index in [0.717, 1.165) is 0 Å². The second-order valence-electron chi connectivity index (χ2n) is 2.95. The van der Waals surface area contributed by atoms with Crippen LogP contribution in [0.3, 0.4) is 0 Å². The molecule has 1 aromatic rings. The molecule has 1 rings (SSSR count). The van der Waals surface area contributed by atoms with Gasteiger partial charge in [-0.2, -0.15) is 0 Å². The number of carbonyl (C=O) groups is 1. The van der Waals surface area contributed by atoms with Gasteiger partial charge in [-0.05, 0) is 18.6 Å². The standard InChI is InChI=1S/C9H7BrClNO3/c1-5-2-6(11)9(8(13)4-10)7(3-5)12(14)15/h2-3H,4H2,1H3. The molecule has 0 aromatic heterocycles. The van der Waals surface area contributed by atoms with Crippen molar-refractivity contribution in [3.63, 3.8) is 0 Å². The highest BCUT2D eigenvalue weighted by molar-refractivity contribution is 9.09. The molecule has 0 fully saturated rings. The van der Waals surface area contributed by atoms with Crippen LogP contribution < -0.4 is 0 Å². The third-order valence-corrected chi connectivity index (χ3v) is 2.62. The van der Waals surface area contributed by atoms with Gasteiger partial charge >= 0.3 is 0 Å². The van der Waals surface area contributed by atoms with Crippen LogP contribution in [0.15, 0.2) is 12.1 Å². The molecule has 0 aliphatic carbocycles. The van der Waals surface area contributed by atoms with E-state index in [1.807, 2.05) is 0 Å². The van der Waals surface area contributed by atoms with Gasteiger partial charge in [0.1, 0.15) is 5.56 Å². The van der Waals surface area contributed by atoms with Crippen LogP contribution >= 0.6 is 27.5 Å². The molecule has 1 aromatic carbocycles. The average Bonchev–Trinajstić information content (AvgIpc) is 2.15. The van der Waals surface area contributed by atoms with E-state index < -0.39 is 10.7 Å². The zero-order valence-corrected chi connectivity index (χ0v) is 10.1. The number of rotatable bonds is 3. The van der Waals surface area contributed by atoms with E-state index in [4.69, 9.17) is 11.6 Å². The SMILES string of the molecule is Cc1cc(Cl)c(C(=O)CBr)c([N+](=O)[O-])c1. The highest BCUT2D eigenvalue weighted by Gasteiger charge is 2.23. The molecular formula is C9H7BrClNO3. The van der Waals surface area contributed by atoms with Crippen molar-refractivity contribution in [2.24, 2.45) is 0 Å². The van der Waals surface area contributed by atoms with E-state index in [2.05, 4.69) is 15.9 Å². The Balaban J connectivity index is 3.46. The summed E-state index contributed by atoms with van der Waals surface area (Å²) in [5.41, 5.74) is 0.367. The van der Waals surface area contributed by atoms with Crippen molar-refractivity contribution in [1.82, 2.24) is 0 Å². The summed E-state index contributed by atoms with van der Waals surface area (Å²) in [6, 6.07) is 2.87. The Morgan fingerprint density at radius 2 is 2.20 bits per heavy atom. The number of benzene rings is 1. The largest absolute Gasteiger partial charge is 0.293 e. The third kappa shape index (κ3) is 2.54. The maximum Gasteiger partial charge on any atom is 0.281 e. The molecule has 0 amide bonds. The Hall–Kier alpha value is -0.940. The molecule has 0 N–H and O–H groups in total. The lowest BCUT2D eigenvalue weighted by molar-refractivity contribution is -0.385. The van der Waals surface area contributed by atoms with Crippen LogP contribution in [-0.4, -0.2) is 16.0 Å². The number of aryl methyl sites for hydroxylation is 1. The predicted octanol–water partition coefficient (Wildman–Crippen LogP) is 3.13. The summed E-state index contributed by atoms with van der Waals surface area (Å²) in [5, 5.41) is 10.9. The van der Waals surface area contributed by atoms with Crippen LogP contribution in [0.2, 0.25) is 5.02 Å². The van der Waals surface area contributed by atoms with Gasteiger partial charge in [0.25, 0.3) is 5.69 Å². The molecule has 0 aliphatic heterocycles. The van der Waals surface area contributed by atoms with Gasteiger partial charge in [0, 0.05) is 6.07 Å². The smallest absolute Gasteiger partial charge is 0.281 e. The number of nitrogens with zero attached hydrogens (tertiary/aromatic N) is 1. The normalized spacial score (nSPS) is 10.1. The van der Waals surface area contributed by atoms with Gasteiger partial charge in [-0.1, -0.05) is 27.5 Å². The minimum Gasteiger partial charge on any atom is -0.293 e. The number of nitro groups is 1. The number of carbonyl (C=O) groups excluding carboxylic acids is 1. The first kappa shape index (κ1) is 12.1. The van der Waals surface area contributed by atoms with E-state index in [0.29, 0.717) is 5.56 Å². The highest BCUT2D eigenvalue weighted by atomic mass is 79.9. The molecule has 0 heterocycles. The lowest BCUT2D eigenvalue weighted by Gasteiger charge is -2.04. The second kappa shape index (κ2) is 4.72. The van der Waals surface area contributed by atoms with Crippen LogP contribution in [0, 0.1) is 17.0 Å². The fraction of sp³-hybridized carbons (Fsp3) is 0.222. The van der Waals surface area contributed by atoms with Crippen molar-refractivity contribution < 1.29 is 9.72 Å². The lowest BCUT2D eigenvalue weighted by atomic mass is 10.1. The van der Waals surface area contributed by atoms with Crippen molar-refractivity contribution in [3.8, 4) is 0 Å². The Kier molecular flexibility index (Phi) is 3.82. The van der Waals surface area contributed by atoms with E-state index in [1.165, 1.54) is 12.1 Å². The number of alkyl halides is 1. The van der Waals surface area contributed by atoms with Gasteiger partial charge in [-0.25, -0.2) is 0 Å². The summed E-state index contributed by atoms with van der Waals surface area (Å²) in [6.07, 6.45) is 0. The highest BCUT2D eigenvalue weighted by Crippen LogP contribution is 2.29. The Bertz CT molecular complexity index is 434. The van der Waals surface area contributed by atoms with Crippen molar-refractivity contribution in [2.75, 3.05) is 5.33 Å². The van der Waals surface area contributed by atoms with E-state index in [1.54, 1.807) is 6.92 Å². The van der Waals surface area contributed by atoms with Gasteiger partial charge in [0.15, 0.2) is 5.78 Å². The molecule has 0 radical (unpaired) electrons. The van der Waals surface area contributed by atoms with Gasteiger partial charge < -0.3 is 0 Å². The molecule has 0 spiro atoms. The zero-order valence-electron chi connectivity index (χ0n) is 7.79. The molecule has 0 atom stereocenters. The third-order valence-electron chi connectivity index (χ3n) is 1.81. The molecule has 0 bridgehead atoms. The molecule has 0 saturated carbocycles. The minimum atomic E-state index is -0.602. The summed E-state index contributed by atoms with van der Waals surface area (Å²) in [6.45, 7) is 1.68. The Morgan fingerprint density at radius 1 is 1.60 bits per heavy atom. The summed E-state index contributed by atoms with van der Waals surface area (Å²) in [4.78, 5) is 21.6. The van der Waals surface area contributed by atoms with Crippen molar-refractivity contribution in [2.45, 2.75) is 6.92 Å². The number of hydrogen-bond donors (Lipinski definition) is 0. The minimum absolute atomic E-state index is 0.0105. The first-order valence-corrected chi connectivity index (χ1v) is 5.51. The van der Waals surface area contributed by atoms with Crippen LogP contribution in [0.4, 0.5) is 5.69 Å². The fourth-order valence-electron chi connectivity index (χ4n) is 1.21. The van der Waals surface area contributed by atoms with Crippen LogP contribution in [0.25, 0.3) is 0 Å². The fourth-order valence-corrected chi connectivity index (χ4v) is 1.87. The van der Waals surface area contributed by atoms with Gasteiger partial charge in [0.2, 0.25) is 0 Å². The summed E-state index contributed by atoms with van der Waals surface area (Å²) in [5.74, 6) is -0.397.